The largest absolute Gasteiger partial charge is 0.378 e. The molecule has 1 heterocycles. The van der Waals surface area contributed by atoms with Gasteiger partial charge in [0.2, 0.25) is 0 Å². The lowest BCUT2D eigenvalue weighted by Gasteiger charge is -2.14. The molecule has 1 amide bonds. The van der Waals surface area contributed by atoms with E-state index in [1.165, 1.54) is 0 Å². The molecule has 0 atom stereocenters. The van der Waals surface area contributed by atoms with E-state index in [-0.39, 0.29) is 11.6 Å². The van der Waals surface area contributed by atoms with Crippen molar-refractivity contribution in [2.24, 2.45) is 0 Å². The molecule has 0 aliphatic carbocycles. The van der Waals surface area contributed by atoms with Gasteiger partial charge in [0.25, 0.3) is 5.91 Å². The molecule has 0 aliphatic rings. The molecule has 3 rings (SSSR count). The van der Waals surface area contributed by atoms with Crippen LogP contribution in [-0.4, -0.2) is 30.0 Å². The Bertz CT molecular complexity index is 1000. The van der Waals surface area contributed by atoms with Crippen molar-refractivity contribution in [2.75, 3.05) is 29.6 Å². The van der Waals surface area contributed by atoms with E-state index in [0.717, 1.165) is 16.9 Å². The fourth-order valence-electron chi connectivity index (χ4n) is 2.67. The number of benzene rings is 2. The van der Waals surface area contributed by atoms with Gasteiger partial charge < -0.3 is 15.5 Å². The summed E-state index contributed by atoms with van der Waals surface area (Å²) in [5.41, 5.74) is 3.71. The number of aryl methyl sites for hydroxylation is 1. The van der Waals surface area contributed by atoms with E-state index in [9.17, 15) is 4.79 Å². The summed E-state index contributed by atoms with van der Waals surface area (Å²) in [5.74, 6) is 0.739. The Balaban J connectivity index is 1.80. The van der Waals surface area contributed by atoms with Gasteiger partial charge in [-0.05, 0) is 55.8 Å². The number of aromatic nitrogens is 2. The molecule has 3 aromatic rings. The van der Waals surface area contributed by atoms with Gasteiger partial charge in [-0.2, -0.15) is 0 Å². The minimum absolute atomic E-state index is 0.277. The van der Waals surface area contributed by atoms with E-state index in [1.54, 1.807) is 31.2 Å². The fourth-order valence-corrected chi connectivity index (χ4v) is 2.84. The number of carbonyl (C=O) groups excluding carboxylic acids is 1. The van der Waals surface area contributed by atoms with Crippen molar-refractivity contribution in [3.05, 3.63) is 70.6 Å². The van der Waals surface area contributed by atoms with Crippen LogP contribution in [0.25, 0.3) is 0 Å². The van der Waals surface area contributed by atoms with E-state index in [2.05, 4.69) is 20.6 Å². The van der Waals surface area contributed by atoms with Crippen LogP contribution in [0.3, 0.4) is 0 Å². The second kappa shape index (κ2) is 8.27. The van der Waals surface area contributed by atoms with Crippen molar-refractivity contribution in [1.82, 2.24) is 9.97 Å². The van der Waals surface area contributed by atoms with E-state index >= 15 is 0 Å². The fraction of sp³-hybridized carbons (Fsp3) is 0.190. The molecule has 0 spiro atoms. The maximum absolute atomic E-state index is 12.7. The molecular weight excluding hydrogens is 374 g/mol. The summed E-state index contributed by atoms with van der Waals surface area (Å²) in [6.07, 6.45) is 0. The quantitative estimate of drug-likeness (QED) is 0.648. The summed E-state index contributed by atoms with van der Waals surface area (Å²) < 4.78 is 0. The summed E-state index contributed by atoms with van der Waals surface area (Å²) >= 11 is 6.12. The van der Waals surface area contributed by atoms with Crippen molar-refractivity contribution in [3.63, 3.8) is 0 Å². The summed E-state index contributed by atoms with van der Waals surface area (Å²) in [5, 5.41) is 6.68. The smallest absolute Gasteiger partial charge is 0.274 e. The van der Waals surface area contributed by atoms with Crippen LogP contribution >= 0.6 is 11.6 Å². The number of hydrogen-bond donors (Lipinski definition) is 2. The Morgan fingerprint density at radius 2 is 1.75 bits per heavy atom. The zero-order valence-electron chi connectivity index (χ0n) is 16.2. The van der Waals surface area contributed by atoms with Gasteiger partial charge in [0.05, 0.1) is 0 Å². The monoisotopic (exact) mass is 395 g/mol. The lowest BCUT2D eigenvalue weighted by molar-refractivity contribution is 0.102. The maximum Gasteiger partial charge on any atom is 0.274 e. The van der Waals surface area contributed by atoms with Gasteiger partial charge in [-0.15, -0.1) is 0 Å². The Labute approximate surface area is 169 Å². The predicted molar refractivity (Wildman–Crippen MR) is 115 cm³/mol. The third-order valence-corrected chi connectivity index (χ3v) is 4.65. The minimum atomic E-state index is -0.318. The van der Waals surface area contributed by atoms with Crippen molar-refractivity contribution < 1.29 is 4.79 Å². The number of nitrogens with zero attached hydrogens (tertiary/aromatic N) is 3. The lowest BCUT2D eigenvalue weighted by Crippen LogP contribution is -2.16. The van der Waals surface area contributed by atoms with Gasteiger partial charge in [-0.3, -0.25) is 4.79 Å². The van der Waals surface area contributed by atoms with Crippen molar-refractivity contribution in [3.8, 4) is 0 Å². The lowest BCUT2D eigenvalue weighted by atomic mass is 10.2. The molecule has 7 heteroatoms. The van der Waals surface area contributed by atoms with Crippen molar-refractivity contribution >= 4 is 40.4 Å². The van der Waals surface area contributed by atoms with E-state index in [1.807, 2.05) is 50.2 Å². The van der Waals surface area contributed by atoms with Crippen LogP contribution in [0.1, 0.15) is 21.9 Å². The first-order valence-electron chi connectivity index (χ1n) is 8.80. The summed E-state index contributed by atoms with van der Waals surface area (Å²) in [7, 11) is 3.98. The number of amides is 1. The molecule has 0 unspecified atom stereocenters. The van der Waals surface area contributed by atoms with Crippen LogP contribution in [0.4, 0.5) is 22.9 Å². The Hall–Kier alpha value is -3.12. The molecule has 0 fully saturated rings. The van der Waals surface area contributed by atoms with Gasteiger partial charge >= 0.3 is 0 Å². The first kappa shape index (κ1) is 19.6. The molecule has 0 radical (unpaired) electrons. The number of nitrogens with one attached hydrogen (secondary N) is 2. The molecule has 0 aliphatic heterocycles. The van der Waals surface area contributed by atoms with E-state index in [4.69, 9.17) is 11.6 Å². The second-order valence-electron chi connectivity index (χ2n) is 6.62. The third-order valence-electron chi connectivity index (χ3n) is 4.24. The topological polar surface area (TPSA) is 70.2 Å². The molecule has 2 N–H and O–H groups in total. The highest BCUT2D eigenvalue weighted by atomic mass is 35.5. The predicted octanol–water partition coefficient (Wildman–Crippen LogP) is 4.81. The number of rotatable bonds is 5. The Morgan fingerprint density at radius 3 is 2.43 bits per heavy atom. The van der Waals surface area contributed by atoms with Gasteiger partial charge in [0.15, 0.2) is 0 Å². The van der Waals surface area contributed by atoms with Crippen LogP contribution in [0.2, 0.25) is 5.02 Å². The maximum atomic E-state index is 12.7. The number of halogens is 1. The molecule has 2 aromatic carbocycles. The van der Waals surface area contributed by atoms with Crippen molar-refractivity contribution in [1.29, 1.82) is 0 Å². The van der Waals surface area contributed by atoms with Crippen LogP contribution < -0.4 is 15.5 Å². The highest BCUT2D eigenvalue weighted by Gasteiger charge is 2.13. The zero-order chi connectivity index (χ0) is 20.3. The van der Waals surface area contributed by atoms with Crippen LogP contribution in [0.15, 0.2) is 48.5 Å². The Kier molecular flexibility index (Phi) is 5.80. The number of carbonyl (C=O) groups is 1. The molecule has 0 bridgehead atoms. The van der Waals surface area contributed by atoms with E-state index in [0.29, 0.717) is 22.4 Å². The third kappa shape index (κ3) is 4.58. The summed E-state index contributed by atoms with van der Waals surface area (Å²) in [6, 6.07) is 14.9. The van der Waals surface area contributed by atoms with Gasteiger partial charge in [0, 0.05) is 42.2 Å². The molecule has 1 aromatic heterocycles. The second-order valence-corrected chi connectivity index (χ2v) is 7.03. The highest BCUT2D eigenvalue weighted by Crippen LogP contribution is 2.24. The van der Waals surface area contributed by atoms with Gasteiger partial charge in [-0.25, -0.2) is 9.97 Å². The molecule has 0 saturated carbocycles. The standard InChI is InChI=1S/C21H22ClN5O/c1-13-17(22)6-5-7-18(13)26-21(28)19-12-20(24-14(2)23-19)25-15-8-10-16(11-9-15)27(3)4/h5-12H,1-4H3,(H,26,28)(H,23,24,25). The Morgan fingerprint density at radius 1 is 1.04 bits per heavy atom. The first-order valence-corrected chi connectivity index (χ1v) is 9.18. The molecule has 6 nitrogen and oxygen atoms in total. The van der Waals surface area contributed by atoms with Gasteiger partial charge in [0.1, 0.15) is 17.3 Å². The normalized spacial score (nSPS) is 10.5. The summed E-state index contributed by atoms with van der Waals surface area (Å²) in [6.45, 7) is 3.61. The first-order chi connectivity index (χ1) is 13.3. The van der Waals surface area contributed by atoms with Crippen LogP contribution in [0, 0.1) is 13.8 Å². The minimum Gasteiger partial charge on any atom is -0.378 e. The van der Waals surface area contributed by atoms with Gasteiger partial charge in [-0.1, -0.05) is 17.7 Å². The molecule has 144 valence electrons. The average Bonchev–Trinajstić information content (AvgIpc) is 2.65. The van der Waals surface area contributed by atoms with Crippen molar-refractivity contribution in [2.45, 2.75) is 13.8 Å². The molecular formula is C21H22ClN5O. The zero-order valence-corrected chi connectivity index (χ0v) is 17.0. The average molecular weight is 396 g/mol. The summed E-state index contributed by atoms with van der Waals surface area (Å²) in [4.78, 5) is 23.3. The highest BCUT2D eigenvalue weighted by molar-refractivity contribution is 6.31. The van der Waals surface area contributed by atoms with E-state index < -0.39 is 0 Å². The SMILES string of the molecule is Cc1nc(Nc2ccc(N(C)C)cc2)cc(C(=O)Nc2cccc(Cl)c2C)n1. The molecule has 0 saturated heterocycles. The van der Waals surface area contributed by atoms with Crippen LogP contribution in [-0.2, 0) is 0 Å². The van der Waals surface area contributed by atoms with Crippen LogP contribution in [0.5, 0.6) is 0 Å². The number of anilines is 4. The molecule has 28 heavy (non-hydrogen) atoms. The number of hydrogen-bond acceptors (Lipinski definition) is 5.